The number of benzene rings is 9. The molecule has 0 saturated heterocycles. The number of fused-ring (bicyclic) bond motifs is 18. The number of aromatic nitrogens is 3. The Kier molecular flexibility index (Phi) is 6.12. The third-order valence-corrected chi connectivity index (χ3v) is 13.9. The molecule has 9 aromatic carbocycles. The van der Waals surface area contributed by atoms with Crippen molar-refractivity contribution in [2.24, 2.45) is 0 Å². The van der Waals surface area contributed by atoms with Crippen molar-refractivity contribution >= 4 is 96.4 Å². The molecule has 3 nitrogen and oxygen atoms in total. The second-order valence-electron chi connectivity index (χ2n) is 16.0. The van der Waals surface area contributed by atoms with E-state index < -0.39 is 0 Å². The normalized spacial score (nSPS) is 13.6. The Bertz CT molecular complexity index is 3700. The zero-order chi connectivity index (χ0) is 37.6. The van der Waals surface area contributed by atoms with E-state index in [1.807, 2.05) is 11.3 Å². The van der Waals surface area contributed by atoms with Crippen LogP contribution in [0.15, 0.2) is 164 Å². The summed E-state index contributed by atoms with van der Waals surface area (Å²) in [7, 11) is 0. The van der Waals surface area contributed by atoms with E-state index in [1.165, 1.54) is 79.6 Å². The van der Waals surface area contributed by atoms with Crippen LogP contribution in [0.1, 0.15) is 25.1 Å². The monoisotopic (exact) mass is 743 g/mol. The summed E-state index contributed by atoms with van der Waals surface area (Å²) in [6, 6.07) is 60.1. The Balaban J connectivity index is 1.26. The molecule has 0 unspecified atom stereocenters. The first-order chi connectivity index (χ1) is 28.1. The average molecular weight is 744 g/mol. The molecule has 0 N–H and O–H groups in total. The zero-order valence-corrected chi connectivity index (χ0v) is 32.2. The van der Waals surface area contributed by atoms with Gasteiger partial charge in [-0.15, -0.1) is 11.3 Å². The van der Waals surface area contributed by atoms with E-state index in [9.17, 15) is 0 Å². The first kappa shape index (κ1) is 31.3. The van der Waals surface area contributed by atoms with Crippen molar-refractivity contribution in [1.82, 2.24) is 14.5 Å². The van der Waals surface area contributed by atoms with Crippen molar-refractivity contribution in [3.8, 4) is 28.3 Å². The van der Waals surface area contributed by atoms with Gasteiger partial charge in [0.15, 0.2) is 5.82 Å². The van der Waals surface area contributed by atoms with Gasteiger partial charge < -0.3 is 0 Å². The summed E-state index contributed by atoms with van der Waals surface area (Å²) in [6.45, 7) is 4.59. The first-order valence-corrected chi connectivity index (χ1v) is 20.5. The number of hydrogen-bond acceptors (Lipinski definition) is 3. The average Bonchev–Trinajstić information content (AvgIpc) is 3.89. The molecule has 3 heterocycles. The number of hydrogen-bond donors (Lipinski definition) is 0. The third-order valence-electron chi connectivity index (χ3n) is 12.7. The molecule has 57 heavy (non-hydrogen) atoms. The van der Waals surface area contributed by atoms with Gasteiger partial charge in [-0.25, -0.2) is 9.97 Å². The Labute approximate surface area is 332 Å². The summed E-state index contributed by atoms with van der Waals surface area (Å²) in [5.74, 6) is 0.853. The Morgan fingerprint density at radius 3 is 1.86 bits per heavy atom. The standard InChI is InChI=1S/C53H33N3S/c1-53(2)41-24-11-9-21-39(41)48-51(53)54-49(40-23-13-22-38-35-19-10-12-25-44(35)57-50(38)40)52(55-48)56-42-28-26-30-14-3-4-15-31(30)46(42)47-43(56)29-27-37-34-18-6-5-16-32(34)33-17-7-8-20-36(33)45(37)47/h3-29H,1-2H3. The van der Waals surface area contributed by atoms with Crippen LogP contribution in [0, 0.1) is 0 Å². The lowest BCUT2D eigenvalue weighted by Gasteiger charge is -2.21. The summed E-state index contributed by atoms with van der Waals surface area (Å²) in [5, 5.41) is 15.1. The lowest BCUT2D eigenvalue weighted by molar-refractivity contribution is 0.635. The highest BCUT2D eigenvalue weighted by atomic mass is 32.1. The topological polar surface area (TPSA) is 30.7 Å². The Hall–Kier alpha value is -6.88. The maximum absolute atomic E-state index is 5.85. The van der Waals surface area contributed by atoms with Crippen LogP contribution < -0.4 is 0 Å². The highest BCUT2D eigenvalue weighted by molar-refractivity contribution is 7.26. The lowest BCUT2D eigenvalue weighted by atomic mass is 9.85. The minimum atomic E-state index is -0.312. The second-order valence-corrected chi connectivity index (χ2v) is 17.1. The van der Waals surface area contributed by atoms with Crippen molar-refractivity contribution in [3.05, 3.63) is 175 Å². The fourth-order valence-electron chi connectivity index (χ4n) is 10.2. The number of rotatable bonds is 2. The van der Waals surface area contributed by atoms with Crippen molar-refractivity contribution in [2.45, 2.75) is 19.3 Å². The van der Waals surface area contributed by atoms with Crippen molar-refractivity contribution in [2.75, 3.05) is 0 Å². The van der Waals surface area contributed by atoms with Crippen LogP contribution in [-0.4, -0.2) is 14.5 Å². The van der Waals surface area contributed by atoms with Crippen molar-refractivity contribution in [3.63, 3.8) is 0 Å². The van der Waals surface area contributed by atoms with Gasteiger partial charge in [-0.2, -0.15) is 0 Å². The van der Waals surface area contributed by atoms with E-state index in [1.54, 1.807) is 0 Å². The molecule has 0 fully saturated rings. The Morgan fingerprint density at radius 2 is 1.04 bits per heavy atom. The maximum atomic E-state index is 5.85. The zero-order valence-electron chi connectivity index (χ0n) is 31.3. The fourth-order valence-corrected chi connectivity index (χ4v) is 11.4. The summed E-state index contributed by atoms with van der Waals surface area (Å²) in [5.41, 5.74) is 8.36. The van der Waals surface area contributed by atoms with Crippen LogP contribution in [0.2, 0.25) is 0 Å². The summed E-state index contributed by atoms with van der Waals surface area (Å²) in [4.78, 5) is 11.7. The van der Waals surface area contributed by atoms with Gasteiger partial charge in [-0.05, 0) is 61.5 Å². The molecule has 0 spiro atoms. The number of nitrogens with zero attached hydrogens (tertiary/aromatic N) is 3. The van der Waals surface area contributed by atoms with E-state index in [0.29, 0.717) is 0 Å². The van der Waals surface area contributed by atoms with Gasteiger partial charge in [-0.1, -0.05) is 159 Å². The van der Waals surface area contributed by atoms with E-state index >= 15 is 0 Å². The van der Waals surface area contributed by atoms with Gasteiger partial charge in [0.25, 0.3) is 0 Å². The van der Waals surface area contributed by atoms with Gasteiger partial charge in [0, 0.05) is 52.9 Å². The fraction of sp³-hybridized carbons (Fsp3) is 0.0566. The van der Waals surface area contributed by atoms with Gasteiger partial charge in [0.1, 0.15) is 5.69 Å². The molecule has 12 aromatic rings. The van der Waals surface area contributed by atoms with Crippen molar-refractivity contribution < 1.29 is 0 Å². The van der Waals surface area contributed by atoms with Crippen LogP contribution in [0.25, 0.3) is 113 Å². The predicted octanol–water partition coefficient (Wildman–Crippen LogP) is 14.5. The van der Waals surface area contributed by atoms with Crippen LogP contribution in [-0.2, 0) is 5.41 Å². The molecular weight excluding hydrogens is 711 g/mol. The van der Waals surface area contributed by atoms with Gasteiger partial charge in [0.05, 0.1) is 22.4 Å². The quantitative estimate of drug-likeness (QED) is 0.165. The molecule has 0 saturated carbocycles. The molecule has 3 aromatic heterocycles. The van der Waals surface area contributed by atoms with Crippen LogP contribution >= 0.6 is 11.3 Å². The summed E-state index contributed by atoms with van der Waals surface area (Å²) in [6.07, 6.45) is 0. The van der Waals surface area contributed by atoms with Crippen LogP contribution in [0.4, 0.5) is 0 Å². The largest absolute Gasteiger partial charge is 0.292 e. The highest BCUT2D eigenvalue weighted by Gasteiger charge is 2.39. The van der Waals surface area contributed by atoms with Gasteiger partial charge in [0.2, 0.25) is 0 Å². The molecule has 1 aliphatic rings. The molecule has 1 aliphatic carbocycles. The first-order valence-electron chi connectivity index (χ1n) is 19.7. The molecule has 0 radical (unpaired) electrons. The van der Waals surface area contributed by atoms with Gasteiger partial charge in [-0.3, -0.25) is 4.57 Å². The smallest absolute Gasteiger partial charge is 0.165 e. The third kappa shape index (κ3) is 4.05. The molecule has 4 heteroatoms. The van der Waals surface area contributed by atoms with Gasteiger partial charge >= 0.3 is 0 Å². The molecule has 0 bridgehead atoms. The Morgan fingerprint density at radius 1 is 0.439 bits per heavy atom. The van der Waals surface area contributed by atoms with E-state index in [4.69, 9.17) is 9.97 Å². The van der Waals surface area contributed by atoms with Crippen molar-refractivity contribution in [1.29, 1.82) is 0 Å². The minimum absolute atomic E-state index is 0.312. The molecule has 0 amide bonds. The minimum Gasteiger partial charge on any atom is -0.292 e. The van der Waals surface area contributed by atoms with Crippen LogP contribution in [0.3, 0.4) is 0 Å². The molecule has 266 valence electrons. The van der Waals surface area contributed by atoms with E-state index in [0.717, 1.165) is 45.1 Å². The second kappa shape index (κ2) is 11.1. The molecule has 13 rings (SSSR count). The summed E-state index contributed by atoms with van der Waals surface area (Å²) >= 11 is 1.85. The molecular formula is C53H33N3S. The number of thiophene rings is 1. The predicted molar refractivity (Wildman–Crippen MR) is 242 cm³/mol. The molecule has 0 atom stereocenters. The van der Waals surface area contributed by atoms with E-state index in [-0.39, 0.29) is 5.41 Å². The maximum Gasteiger partial charge on any atom is 0.165 e. The van der Waals surface area contributed by atoms with Crippen LogP contribution in [0.5, 0.6) is 0 Å². The SMILES string of the molecule is CC1(C)c2ccccc2-c2nc(-n3c4ccc5ccccc5c4c4c5c6ccccc6c6ccccc6c5ccc43)c(-c3cccc4c3sc3ccccc34)nc21. The van der Waals surface area contributed by atoms with E-state index in [2.05, 4.69) is 182 Å². The highest BCUT2D eigenvalue weighted by Crippen LogP contribution is 2.51. The summed E-state index contributed by atoms with van der Waals surface area (Å²) < 4.78 is 4.94. The molecule has 0 aliphatic heterocycles. The lowest BCUT2D eigenvalue weighted by Crippen LogP contribution is -2.18.